The highest BCUT2D eigenvalue weighted by molar-refractivity contribution is 5.82. The van der Waals surface area contributed by atoms with Crippen LogP contribution in [-0.4, -0.2) is 23.9 Å². The monoisotopic (exact) mass is 262 g/mol. The fourth-order valence-corrected chi connectivity index (χ4v) is 1.96. The molecule has 3 heteroatoms. The van der Waals surface area contributed by atoms with Gasteiger partial charge in [0.1, 0.15) is 0 Å². The minimum atomic E-state index is -0.469. The molecule has 0 bridgehead atoms. The summed E-state index contributed by atoms with van der Waals surface area (Å²) in [4.78, 5) is 14.0. The molecule has 0 aliphatic rings. The van der Waals surface area contributed by atoms with Crippen LogP contribution in [0, 0.1) is 19.3 Å². The van der Waals surface area contributed by atoms with Crippen LogP contribution >= 0.6 is 0 Å². The molecule has 0 heterocycles. The lowest BCUT2D eigenvalue weighted by molar-refractivity contribution is -0.134. The lowest BCUT2D eigenvalue weighted by atomic mass is 9.86. The van der Waals surface area contributed by atoms with Gasteiger partial charge in [0.25, 0.3) is 0 Å². The van der Waals surface area contributed by atoms with E-state index in [1.54, 1.807) is 4.90 Å². The number of nitrogens with zero attached hydrogens (tertiary/aromatic N) is 1. The molecule has 0 spiro atoms. The van der Waals surface area contributed by atoms with Crippen molar-refractivity contribution in [1.82, 2.24) is 4.90 Å². The zero-order valence-electron chi connectivity index (χ0n) is 12.9. The zero-order chi connectivity index (χ0) is 14.8. The van der Waals surface area contributed by atoms with Crippen molar-refractivity contribution in [2.75, 3.05) is 7.05 Å². The van der Waals surface area contributed by atoms with Crippen molar-refractivity contribution in [2.45, 2.75) is 47.2 Å². The van der Waals surface area contributed by atoms with Crippen LogP contribution in [0.3, 0.4) is 0 Å². The van der Waals surface area contributed by atoms with E-state index in [-0.39, 0.29) is 11.3 Å². The van der Waals surface area contributed by atoms with Gasteiger partial charge in [-0.15, -0.1) is 0 Å². The fraction of sp³-hybridized carbons (Fsp3) is 0.562. The molecule has 1 atom stereocenters. The van der Waals surface area contributed by atoms with Gasteiger partial charge in [0.15, 0.2) is 0 Å². The maximum absolute atomic E-state index is 12.3. The summed E-state index contributed by atoms with van der Waals surface area (Å²) in [6.45, 7) is 10.7. The van der Waals surface area contributed by atoms with E-state index in [2.05, 4.69) is 32.0 Å². The minimum absolute atomic E-state index is 0.00697. The normalized spacial score (nSPS) is 13.2. The van der Waals surface area contributed by atoms with Crippen molar-refractivity contribution in [3.8, 4) is 0 Å². The Balaban J connectivity index is 2.79. The minimum Gasteiger partial charge on any atom is -0.340 e. The average Bonchev–Trinajstić information content (AvgIpc) is 2.29. The third kappa shape index (κ3) is 4.06. The maximum Gasteiger partial charge on any atom is 0.240 e. The van der Waals surface area contributed by atoms with Crippen LogP contribution in [0.4, 0.5) is 0 Å². The van der Waals surface area contributed by atoms with Crippen molar-refractivity contribution in [3.05, 3.63) is 34.9 Å². The van der Waals surface area contributed by atoms with Crippen LogP contribution < -0.4 is 5.73 Å². The predicted molar refractivity (Wildman–Crippen MR) is 79.8 cm³/mol. The van der Waals surface area contributed by atoms with Crippen molar-refractivity contribution in [3.63, 3.8) is 0 Å². The highest BCUT2D eigenvalue weighted by atomic mass is 16.2. The van der Waals surface area contributed by atoms with Crippen LogP contribution in [0.1, 0.15) is 37.5 Å². The van der Waals surface area contributed by atoms with Crippen molar-refractivity contribution in [2.24, 2.45) is 11.1 Å². The number of nitrogens with two attached hydrogens (primary N) is 1. The van der Waals surface area contributed by atoms with Crippen LogP contribution in [-0.2, 0) is 11.3 Å². The van der Waals surface area contributed by atoms with Gasteiger partial charge in [-0.25, -0.2) is 0 Å². The number of rotatable bonds is 3. The second kappa shape index (κ2) is 5.74. The molecule has 0 saturated carbocycles. The Hall–Kier alpha value is -1.35. The molecule has 0 saturated heterocycles. The Kier molecular flexibility index (Phi) is 4.75. The van der Waals surface area contributed by atoms with Crippen molar-refractivity contribution in [1.29, 1.82) is 0 Å². The summed E-state index contributed by atoms with van der Waals surface area (Å²) in [5.74, 6) is -0.00697. The maximum atomic E-state index is 12.3. The van der Waals surface area contributed by atoms with Gasteiger partial charge in [-0.05, 0) is 30.4 Å². The SMILES string of the molecule is Cc1ccc(CN(C)C(=O)[C@@H](N)C(C)(C)C)c(C)c1. The van der Waals surface area contributed by atoms with E-state index in [9.17, 15) is 4.79 Å². The van der Waals surface area contributed by atoms with Gasteiger partial charge in [0.05, 0.1) is 6.04 Å². The smallest absolute Gasteiger partial charge is 0.240 e. The van der Waals surface area contributed by atoms with E-state index < -0.39 is 6.04 Å². The lowest BCUT2D eigenvalue weighted by Crippen LogP contribution is -2.48. The Morgan fingerprint density at radius 1 is 1.32 bits per heavy atom. The highest BCUT2D eigenvalue weighted by Gasteiger charge is 2.29. The molecule has 2 N–H and O–H groups in total. The summed E-state index contributed by atoms with van der Waals surface area (Å²) in [6.07, 6.45) is 0. The Morgan fingerprint density at radius 3 is 2.37 bits per heavy atom. The summed E-state index contributed by atoms with van der Waals surface area (Å²) in [5, 5.41) is 0. The van der Waals surface area contributed by atoms with Gasteiger partial charge in [0.2, 0.25) is 5.91 Å². The molecule has 1 rings (SSSR count). The first-order valence-corrected chi connectivity index (χ1v) is 6.69. The van der Waals surface area contributed by atoms with E-state index >= 15 is 0 Å². The van der Waals surface area contributed by atoms with Gasteiger partial charge in [0, 0.05) is 13.6 Å². The topological polar surface area (TPSA) is 46.3 Å². The van der Waals surface area contributed by atoms with Gasteiger partial charge in [-0.3, -0.25) is 4.79 Å². The van der Waals surface area contributed by atoms with E-state index in [1.807, 2.05) is 27.8 Å². The van der Waals surface area contributed by atoms with E-state index in [1.165, 1.54) is 16.7 Å². The van der Waals surface area contributed by atoms with Crippen LogP contribution in [0.25, 0.3) is 0 Å². The van der Waals surface area contributed by atoms with E-state index in [0.29, 0.717) is 6.54 Å². The van der Waals surface area contributed by atoms with Gasteiger partial charge < -0.3 is 10.6 Å². The molecule has 3 nitrogen and oxygen atoms in total. The number of benzene rings is 1. The second-order valence-corrected chi connectivity index (χ2v) is 6.47. The second-order valence-electron chi connectivity index (χ2n) is 6.47. The van der Waals surface area contributed by atoms with Gasteiger partial charge >= 0.3 is 0 Å². The molecule has 0 aromatic heterocycles. The summed E-state index contributed by atoms with van der Waals surface area (Å²) in [6, 6.07) is 5.82. The number of carbonyl (C=O) groups excluding carboxylic acids is 1. The molecule has 19 heavy (non-hydrogen) atoms. The number of hydrogen-bond acceptors (Lipinski definition) is 2. The van der Waals surface area contributed by atoms with Crippen molar-refractivity contribution >= 4 is 5.91 Å². The zero-order valence-corrected chi connectivity index (χ0v) is 12.9. The molecule has 0 radical (unpaired) electrons. The lowest BCUT2D eigenvalue weighted by Gasteiger charge is -2.30. The van der Waals surface area contributed by atoms with Gasteiger partial charge in [-0.1, -0.05) is 44.5 Å². The third-order valence-electron chi connectivity index (χ3n) is 3.48. The molecule has 0 aliphatic heterocycles. The summed E-state index contributed by atoms with van der Waals surface area (Å²) in [7, 11) is 1.81. The number of amides is 1. The van der Waals surface area contributed by atoms with Crippen molar-refractivity contribution < 1.29 is 4.79 Å². The number of likely N-dealkylation sites (N-methyl/N-ethyl adjacent to an activating group) is 1. The fourth-order valence-electron chi connectivity index (χ4n) is 1.96. The molecule has 1 aromatic rings. The summed E-state index contributed by atoms with van der Waals surface area (Å²) >= 11 is 0. The molecular formula is C16H26N2O. The van der Waals surface area contributed by atoms with Crippen LogP contribution in [0.15, 0.2) is 18.2 Å². The molecular weight excluding hydrogens is 236 g/mol. The predicted octanol–water partition coefficient (Wildman–Crippen LogP) is 2.64. The van der Waals surface area contributed by atoms with Crippen LogP contribution in [0.5, 0.6) is 0 Å². The Morgan fingerprint density at radius 2 is 1.89 bits per heavy atom. The largest absolute Gasteiger partial charge is 0.340 e. The standard InChI is InChI=1S/C16H26N2O/c1-11-7-8-13(12(2)9-11)10-18(6)15(19)14(17)16(3,4)5/h7-9,14H,10,17H2,1-6H3/t14-/m1/s1. The molecule has 0 aliphatic carbocycles. The number of hydrogen-bond donors (Lipinski definition) is 1. The molecule has 0 unspecified atom stereocenters. The molecule has 1 aromatic carbocycles. The molecule has 0 fully saturated rings. The third-order valence-corrected chi connectivity index (χ3v) is 3.48. The molecule has 1 amide bonds. The Bertz CT molecular complexity index is 460. The summed E-state index contributed by atoms with van der Waals surface area (Å²) < 4.78 is 0. The highest BCUT2D eigenvalue weighted by Crippen LogP contribution is 2.20. The number of aryl methyl sites for hydroxylation is 2. The first kappa shape index (κ1) is 15.7. The first-order valence-electron chi connectivity index (χ1n) is 6.69. The first-order chi connectivity index (χ1) is 8.62. The quantitative estimate of drug-likeness (QED) is 0.910. The van der Waals surface area contributed by atoms with E-state index in [0.717, 1.165) is 0 Å². The Labute approximate surface area is 116 Å². The van der Waals surface area contributed by atoms with E-state index in [4.69, 9.17) is 5.73 Å². The summed E-state index contributed by atoms with van der Waals surface area (Å²) in [5.41, 5.74) is 9.42. The number of carbonyl (C=O) groups is 1. The average molecular weight is 262 g/mol. The van der Waals surface area contributed by atoms with Crippen LogP contribution in [0.2, 0.25) is 0 Å². The molecule has 106 valence electrons. The van der Waals surface area contributed by atoms with Gasteiger partial charge in [-0.2, -0.15) is 0 Å².